The quantitative estimate of drug-likeness (QED) is 0.870. The van der Waals surface area contributed by atoms with E-state index < -0.39 is 0 Å². The van der Waals surface area contributed by atoms with Crippen molar-refractivity contribution < 1.29 is 4.74 Å². The molecule has 2 aromatic heterocycles. The zero-order valence-electron chi connectivity index (χ0n) is 16.8. The second-order valence-corrected chi connectivity index (χ2v) is 7.77. The lowest BCUT2D eigenvalue weighted by molar-refractivity contribution is 0.181. The first-order chi connectivity index (χ1) is 11.6. The molecule has 0 aliphatic heterocycles. The first kappa shape index (κ1) is 19.4. The number of ether oxygens (including phenoxy) is 1. The minimum absolute atomic E-state index is 0.111. The molecule has 25 heavy (non-hydrogen) atoms. The molecule has 0 aromatic carbocycles. The normalized spacial score (nSPS) is 13.1. The van der Waals surface area contributed by atoms with Crippen molar-refractivity contribution in [3.63, 3.8) is 0 Å². The maximum atomic E-state index is 5.26. The molecule has 2 aromatic rings. The van der Waals surface area contributed by atoms with E-state index in [1.54, 1.807) is 7.11 Å². The van der Waals surface area contributed by atoms with E-state index in [9.17, 15) is 0 Å². The van der Waals surface area contributed by atoms with Gasteiger partial charge in [-0.15, -0.1) is 0 Å². The number of aromatic nitrogens is 4. The Labute approximate surface area is 151 Å². The van der Waals surface area contributed by atoms with E-state index in [2.05, 4.69) is 56.9 Å². The van der Waals surface area contributed by atoms with Crippen molar-refractivity contribution in [3.8, 4) is 0 Å². The number of rotatable bonds is 6. The van der Waals surface area contributed by atoms with Crippen LogP contribution in [0.4, 0.5) is 5.82 Å². The van der Waals surface area contributed by atoms with Crippen LogP contribution >= 0.6 is 0 Å². The van der Waals surface area contributed by atoms with Gasteiger partial charge in [-0.2, -0.15) is 5.10 Å². The Morgan fingerprint density at radius 1 is 1.24 bits per heavy atom. The first-order valence-electron chi connectivity index (χ1n) is 8.74. The fourth-order valence-electron chi connectivity index (χ4n) is 2.85. The summed E-state index contributed by atoms with van der Waals surface area (Å²) < 4.78 is 7.20. The summed E-state index contributed by atoms with van der Waals surface area (Å²) in [6, 6.07) is 2.21. The molecule has 0 radical (unpaired) electrons. The molecule has 1 atom stereocenters. The number of hydrogen-bond acceptors (Lipinski definition) is 5. The third-order valence-corrected chi connectivity index (χ3v) is 4.31. The van der Waals surface area contributed by atoms with E-state index in [0.29, 0.717) is 6.61 Å². The molecular weight excluding hydrogens is 314 g/mol. The average molecular weight is 345 g/mol. The number of methoxy groups -OCH3 is 1. The van der Waals surface area contributed by atoms with Crippen LogP contribution in [-0.4, -0.2) is 32.9 Å². The van der Waals surface area contributed by atoms with Crippen molar-refractivity contribution in [2.45, 2.75) is 66.0 Å². The van der Waals surface area contributed by atoms with Crippen LogP contribution in [0.25, 0.3) is 0 Å². The molecule has 1 unspecified atom stereocenters. The highest BCUT2D eigenvalue weighted by atomic mass is 16.5. The molecule has 0 amide bonds. The smallest absolute Gasteiger partial charge is 0.136 e. The molecule has 0 fully saturated rings. The summed E-state index contributed by atoms with van der Waals surface area (Å²) in [5.41, 5.74) is 4.38. The third kappa shape index (κ3) is 4.78. The number of nitrogens with zero attached hydrogens (tertiary/aromatic N) is 4. The van der Waals surface area contributed by atoms with Crippen LogP contribution in [0.5, 0.6) is 0 Å². The first-order valence-corrected chi connectivity index (χ1v) is 8.74. The van der Waals surface area contributed by atoms with Crippen molar-refractivity contribution in [1.29, 1.82) is 0 Å². The summed E-state index contributed by atoms with van der Waals surface area (Å²) in [5.74, 6) is 1.67. The topological polar surface area (TPSA) is 64.9 Å². The highest BCUT2D eigenvalue weighted by Gasteiger charge is 2.20. The van der Waals surface area contributed by atoms with Crippen LogP contribution in [0.15, 0.2) is 6.07 Å². The summed E-state index contributed by atoms with van der Waals surface area (Å²) >= 11 is 0. The molecule has 0 bridgehead atoms. The lowest BCUT2D eigenvalue weighted by atomic mass is 9.95. The third-order valence-electron chi connectivity index (χ3n) is 4.31. The minimum Gasteiger partial charge on any atom is -0.378 e. The van der Waals surface area contributed by atoms with Gasteiger partial charge in [-0.05, 0) is 32.8 Å². The van der Waals surface area contributed by atoms with Gasteiger partial charge >= 0.3 is 0 Å². The molecular formula is C19H31N5O. The Balaban J connectivity index is 2.21. The van der Waals surface area contributed by atoms with Crippen molar-refractivity contribution in [1.82, 2.24) is 19.7 Å². The van der Waals surface area contributed by atoms with Gasteiger partial charge < -0.3 is 10.1 Å². The Bertz CT molecular complexity index is 730. The van der Waals surface area contributed by atoms with Crippen molar-refractivity contribution in [3.05, 3.63) is 34.5 Å². The zero-order chi connectivity index (χ0) is 18.8. The molecule has 0 aliphatic rings. The van der Waals surface area contributed by atoms with Gasteiger partial charge in [0.1, 0.15) is 11.6 Å². The van der Waals surface area contributed by atoms with E-state index in [4.69, 9.17) is 9.72 Å². The van der Waals surface area contributed by atoms with E-state index >= 15 is 0 Å². The summed E-state index contributed by atoms with van der Waals surface area (Å²) in [4.78, 5) is 9.35. The summed E-state index contributed by atoms with van der Waals surface area (Å²) in [6.45, 7) is 13.2. The van der Waals surface area contributed by atoms with Crippen molar-refractivity contribution in [2.75, 3.05) is 12.4 Å². The summed E-state index contributed by atoms with van der Waals surface area (Å²) in [6.07, 6.45) is 0.903. The van der Waals surface area contributed by atoms with Crippen LogP contribution in [0.3, 0.4) is 0 Å². The number of hydrogen-bond donors (Lipinski definition) is 1. The largest absolute Gasteiger partial charge is 0.378 e. The van der Waals surface area contributed by atoms with Gasteiger partial charge in [-0.1, -0.05) is 20.8 Å². The maximum absolute atomic E-state index is 5.26. The average Bonchev–Trinajstić information content (AvgIpc) is 2.73. The SMILES string of the molecule is COCc1cc(NC(C)Cc2c(C)nn(C)c2C)nc(C(C)(C)C)n1. The van der Waals surface area contributed by atoms with Crippen LogP contribution in [0.1, 0.15) is 56.2 Å². The van der Waals surface area contributed by atoms with E-state index in [-0.39, 0.29) is 11.5 Å². The Morgan fingerprint density at radius 3 is 2.44 bits per heavy atom. The molecule has 0 aliphatic carbocycles. The Kier molecular flexibility index (Phi) is 5.83. The van der Waals surface area contributed by atoms with Gasteiger partial charge in [0.2, 0.25) is 0 Å². The number of aryl methyl sites for hydroxylation is 2. The van der Waals surface area contributed by atoms with Crippen LogP contribution < -0.4 is 5.32 Å². The summed E-state index contributed by atoms with van der Waals surface area (Å²) in [5, 5.41) is 8.02. The summed E-state index contributed by atoms with van der Waals surface area (Å²) in [7, 11) is 3.67. The maximum Gasteiger partial charge on any atom is 0.136 e. The van der Waals surface area contributed by atoms with E-state index in [1.807, 2.05) is 17.8 Å². The van der Waals surface area contributed by atoms with Gasteiger partial charge in [0.05, 0.1) is 18.0 Å². The van der Waals surface area contributed by atoms with Crippen LogP contribution in [-0.2, 0) is 30.2 Å². The van der Waals surface area contributed by atoms with Gasteiger partial charge in [0, 0.05) is 37.4 Å². The lowest BCUT2D eigenvalue weighted by Crippen LogP contribution is -2.23. The molecule has 0 saturated heterocycles. The fourth-order valence-corrected chi connectivity index (χ4v) is 2.85. The van der Waals surface area contributed by atoms with E-state index in [0.717, 1.165) is 29.5 Å². The van der Waals surface area contributed by atoms with Crippen molar-refractivity contribution >= 4 is 5.82 Å². The molecule has 138 valence electrons. The highest BCUT2D eigenvalue weighted by Crippen LogP contribution is 2.22. The fraction of sp³-hybridized carbons (Fsp3) is 0.632. The predicted octanol–water partition coefficient (Wildman–Crippen LogP) is 3.31. The van der Waals surface area contributed by atoms with Crippen molar-refractivity contribution in [2.24, 2.45) is 7.05 Å². The molecule has 1 N–H and O–H groups in total. The molecule has 6 heteroatoms. The van der Waals surface area contributed by atoms with Gasteiger partial charge in [-0.3, -0.25) is 4.68 Å². The number of anilines is 1. The van der Waals surface area contributed by atoms with E-state index in [1.165, 1.54) is 11.3 Å². The highest BCUT2D eigenvalue weighted by molar-refractivity contribution is 5.39. The van der Waals surface area contributed by atoms with Gasteiger partial charge in [0.25, 0.3) is 0 Å². The molecule has 2 heterocycles. The Hall–Kier alpha value is -1.95. The second-order valence-electron chi connectivity index (χ2n) is 7.77. The molecule has 2 rings (SSSR count). The standard InChI is InChI=1S/C19H31N5O/c1-12(9-16-13(2)23-24(7)14(16)3)20-17-10-15(11-25-8)21-18(22-17)19(4,5)6/h10,12H,9,11H2,1-8H3,(H,20,21,22). The van der Waals surface area contributed by atoms with Crippen LogP contribution in [0, 0.1) is 13.8 Å². The predicted molar refractivity (Wildman–Crippen MR) is 101 cm³/mol. The lowest BCUT2D eigenvalue weighted by Gasteiger charge is -2.21. The minimum atomic E-state index is -0.111. The van der Waals surface area contributed by atoms with Gasteiger partial charge in [-0.25, -0.2) is 9.97 Å². The zero-order valence-corrected chi connectivity index (χ0v) is 16.8. The van der Waals surface area contributed by atoms with Crippen LogP contribution in [0.2, 0.25) is 0 Å². The molecule has 6 nitrogen and oxygen atoms in total. The second kappa shape index (κ2) is 7.52. The Morgan fingerprint density at radius 2 is 1.92 bits per heavy atom. The molecule has 0 spiro atoms. The monoisotopic (exact) mass is 345 g/mol. The number of nitrogens with one attached hydrogen (secondary N) is 1. The van der Waals surface area contributed by atoms with Gasteiger partial charge in [0.15, 0.2) is 0 Å². The molecule has 0 saturated carbocycles.